The number of aromatic nitrogens is 4. The van der Waals surface area contributed by atoms with Crippen LogP contribution in [0.2, 0.25) is 0 Å². The highest BCUT2D eigenvalue weighted by molar-refractivity contribution is 5.32. The number of benzene rings is 2. The third-order valence-electron chi connectivity index (χ3n) is 5.15. The number of halogens is 3. The van der Waals surface area contributed by atoms with Gasteiger partial charge in [0.2, 0.25) is 0 Å². The molecule has 1 heterocycles. The Morgan fingerprint density at radius 2 is 1.77 bits per heavy atom. The molecule has 0 fully saturated rings. The van der Waals surface area contributed by atoms with Gasteiger partial charge in [0, 0.05) is 24.8 Å². The van der Waals surface area contributed by atoms with Gasteiger partial charge in [-0.3, -0.25) is 5.32 Å². The van der Waals surface area contributed by atoms with Crippen molar-refractivity contribution >= 4 is 0 Å². The quantitative estimate of drug-likeness (QED) is 0.554. The Labute approximate surface area is 179 Å². The molecular formula is C22H26F3N5O. The zero-order chi connectivity index (χ0) is 22.6. The lowest BCUT2D eigenvalue weighted by Gasteiger charge is -2.32. The predicted molar refractivity (Wildman–Crippen MR) is 110 cm³/mol. The summed E-state index contributed by atoms with van der Waals surface area (Å²) in [5.41, 5.74) is 0.581. The molecule has 0 aliphatic rings. The molecule has 6 nitrogen and oxygen atoms in total. The molecule has 0 radical (unpaired) electrons. The molecule has 0 bridgehead atoms. The molecule has 0 amide bonds. The average molecular weight is 433 g/mol. The molecular weight excluding hydrogens is 407 g/mol. The van der Waals surface area contributed by atoms with Crippen molar-refractivity contribution in [2.45, 2.75) is 45.3 Å². The number of rotatable bonds is 9. The van der Waals surface area contributed by atoms with Crippen LogP contribution < -0.4 is 5.32 Å². The molecule has 9 heteroatoms. The number of tetrazole rings is 1. The second-order valence-corrected chi connectivity index (χ2v) is 8.12. The van der Waals surface area contributed by atoms with Gasteiger partial charge in [-0.1, -0.05) is 24.3 Å². The van der Waals surface area contributed by atoms with Gasteiger partial charge in [-0.15, -0.1) is 5.10 Å². The summed E-state index contributed by atoms with van der Waals surface area (Å²) in [6.07, 6.45) is 0.621. The standard InChI is InChI=1S/C22H26F3N5O/c1-14-5-10-17(19(25)18(14)24)20(26-22(2,3)11-12-31-4)21-27-28-29-30(21)13-15-6-8-16(23)9-7-15/h5-10,20,26H,11-13H2,1-4H3. The molecule has 0 saturated carbocycles. The topological polar surface area (TPSA) is 64.9 Å². The first-order valence-corrected chi connectivity index (χ1v) is 9.93. The van der Waals surface area contributed by atoms with Crippen molar-refractivity contribution in [3.8, 4) is 0 Å². The minimum absolute atomic E-state index is 0.101. The highest BCUT2D eigenvalue weighted by Crippen LogP contribution is 2.29. The van der Waals surface area contributed by atoms with E-state index in [-0.39, 0.29) is 23.5 Å². The van der Waals surface area contributed by atoms with Crippen molar-refractivity contribution in [2.75, 3.05) is 13.7 Å². The van der Waals surface area contributed by atoms with Crippen LogP contribution >= 0.6 is 0 Å². The highest BCUT2D eigenvalue weighted by Gasteiger charge is 2.31. The Hall–Kier alpha value is -2.78. The smallest absolute Gasteiger partial charge is 0.173 e. The van der Waals surface area contributed by atoms with Crippen LogP contribution in [0.4, 0.5) is 13.2 Å². The van der Waals surface area contributed by atoms with Crippen LogP contribution in [0, 0.1) is 24.4 Å². The summed E-state index contributed by atoms with van der Waals surface area (Å²) in [5.74, 6) is -1.89. The van der Waals surface area contributed by atoms with Crippen molar-refractivity contribution in [1.29, 1.82) is 0 Å². The van der Waals surface area contributed by atoms with E-state index in [0.717, 1.165) is 5.56 Å². The molecule has 0 spiro atoms. The Bertz CT molecular complexity index is 1020. The van der Waals surface area contributed by atoms with Crippen LogP contribution in [0.15, 0.2) is 36.4 Å². The first-order valence-electron chi connectivity index (χ1n) is 9.93. The fraction of sp³-hybridized carbons (Fsp3) is 0.409. The SMILES string of the molecule is COCCC(C)(C)NC(c1ccc(C)c(F)c1F)c1nnnn1Cc1ccc(F)cc1. The monoisotopic (exact) mass is 433 g/mol. The molecule has 0 aliphatic carbocycles. The largest absolute Gasteiger partial charge is 0.385 e. The normalized spacial score (nSPS) is 12.9. The number of hydrogen-bond donors (Lipinski definition) is 1. The second-order valence-electron chi connectivity index (χ2n) is 8.12. The summed E-state index contributed by atoms with van der Waals surface area (Å²) in [5, 5.41) is 15.2. The number of methoxy groups -OCH3 is 1. The lowest BCUT2D eigenvalue weighted by atomic mass is 9.95. The van der Waals surface area contributed by atoms with Gasteiger partial charge in [0.15, 0.2) is 17.5 Å². The summed E-state index contributed by atoms with van der Waals surface area (Å²) in [6, 6.07) is 8.18. The lowest BCUT2D eigenvalue weighted by Crippen LogP contribution is -2.44. The highest BCUT2D eigenvalue weighted by atomic mass is 19.2. The van der Waals surface area contributed by atoms with Crippen molar-refractivity contribution < 1.29 is 17.9 Å². The van der Waals surface area contributed by atoms with Crippen LogP contribution in [0.25, 0.3) is 0 Å². The molecule has 1 aromatic heterocycles. The molecule has 1 N–H and O–H groups in total. The van der Waals surface area contributed by atoms with E-state index in [1.807, 2.05) is 13.8 Å². The van der Waals surface area contributed by atoms with E-state index in [1.54, 1.807) is 19.2 Å². The summed E-state index contributed by atoms with van der Waals surface area (Å²) >= 11 is 0. The van der Waals surface area contributed by atoms with Crippen LogP contribution in [-0.2, 0) is 11.3 Å². The van der Waals surface area contributed by atoms with Crippen molar-refractivity contribution in [1.82, 2.24) is 25.5 Å². The fourth-order valence-corrected chi connectivity index (χ4v) is 3.28. The van der Waals surface area contributed by atoms with E-state index in [4.69, 9.17) is 4.74 Å². The molecule has 3 rings (SSSR count). The van der Waals surface area contributed by atoms with E-state index in [0.29, 0.717) is 18.9 Å². The minimum Gasteiger partial charge on any atom is -0.385 e. The van der Waals surface area contributed by atoms with E-state index < -0.39 is 23.2 Å². The molecule has 166 valence electrons. The number of hydrogen-bond acceptors (Lipinski definition) is 5. The van der Waals surface area contributed by atoms with Gasteiger partial charge in [-0.25, -0.2) is 17.9 Å². The third kappa shape index (κ3) is 5.48. The van der Waals surface area contributed by atoms with Crippen LogP contribution in [0.5, 0.6) is 0 Å². The molecule has 1 unspecified atom stereocenters. The van der Waals surface area contributed by atoms with Gasteiger partial charge in [0.05, 0.1) is 12.6 Å². The van der Waals surface area contributed by atoms with E-state index >= 15 is 0 Å². The van der Waals surface area contributed by atoms with Crippen molar-refractivity contribution in [3.63, 3.8) is 0 Å². The Morgan fingerprint density at radius 1 is 1.06 bits per heavy atom. The Morgan fingerprint density at radius 3 is 2.45 bits per heavy atom. The number of nitrogens with one attached hydrogen (secondary N) is 1. The van der Waals surface area contributed by atoms with Crippen LogP contribution in [0.3, 0.4) is 0 Å². The maximum atomic E-state index is 15.0. The van der Waals surface area contributed by atoms with Crippen LogP contribution in [-0.4, -0.2) is 39.5 Å². The molecule has 0 aliphatic heterocycles. The number of aryl methyl sites for hydroxylation is 1. The van der Waals surface area contributed by atoms with E-state index in [2.05, 4.69) is 20.8 Å². The second kappa shape index (κ2) is 9.57. The van der Waals surface area contributed by atoms with Gasteiger partial charge in [0.1, 0.15) is 5.82 Å². The predicted octanol–water partition coefficient (Wildman–Crippen LogP) is 3.94. The summed E-state index contributed by atoms with van der Waals surface area (Å²) in [7, 11) is 1.60. The van der Waals surface area contributed by atoms with Gasteiger partial charge in [0.25, 0.3) is 0 Å². The van der Waals surface area contributed by atoms with Gasteiger partial charge in [-0.2, -0.15) is 0 Å². The van der Waals surface area contributed by atoms with Crippen molar-refractivity contribution in [2.24, 2.45) is 0 Å². The average Bonchev–Trinajstić information content (AvgIpc) is 3.19. The molecule has 1 atom stereocenters. The van der Waals surface area contributed by atoms with E-state index in [1.165, 1.54) is 35.9 Å². The zero-order valence-corrected chi connectivity index (χ0v) is 18.0. The number of nitrogens with zero attached hydrogens (tertiary/aromatic N) is 4. The first kappa shape index (κ1) is 22.9. The summed E-state index contributed by atoms with van der Waals surface area (Å²) < 4.78 is 49.3. The van der Waals surface area contributed by atoms with Crippen LogP contribution in [0.1, 0.15) is 48.8 Å². The number of ether oxygens (including phenoxy) is 1. The molecule has 2 aromatic carbocycles. The van der Waals surface area contributed by atoms with Gasteiger partial charge >= 0.3 is 0 Å². The Kier molecular flexibility index (Phi) is 7.07. The minimum atomic E-state index is -0.948. The summed E-state index contributed by atoms with van der Waals surface area (Å²) in [6.45, 7) is 6.12. The molecule has 0 saturated heterocycles. The maximum Gasteiger partial charge on any atom is 0.173 e. The van der Waals surface area contributed by atoms with Crippen molar-refractivity contribution in [3.05, 3.63) is 76.4 Å². The summed E-state index contributed by atoms with van der Waals surface area (Å²) in [4.78, 5) is 0. The zero-order valence-electron chi connectivity index (χ0n) is 18.0. The van der Waals surface area contributed by atoms with Gasteiger partial charge < -0.3 is 4.74 Å². The lowest BCUT2D eigenvalue weighted by molar-refractivity contribution is 0.161. The third-order valence-corrected chi connectivity index (χ3v) is 5.15. The maximum absolute atomic E-state index is 15.0. The molecule has 31 heavy (non-hydrogen) atoms. The fourth-order valence-electron chi connectivity index (χ4n) is 3.28. The molecule has 3 aromatic rings. The first-order chi connectivity index (χ1) is 14.7. The van der Waals surface area contributed by atoms with E-state index in [9.17, 15) is 13.2 Å². The van der Waals surface area contributed by atoms with Gasteiger partial charge in [-0.05, 0) is 60.9 Å². The Balaban J connectivity index is 2.02.